The van der Waals surface area contributed by atoms with E-state index in [-0.39, 0.29) is 11.1 Å². The normalized spacial score (nSPS) is 23.4. The van der Waals surface area contributed by atoms with Crippen molar-refractivity contribution in [3.05, 3.63) is 47.3 Å². The number of benzene rings is 1. The van der Waals surface area contributed by atoms with Gasteiger partial charge in [-0.25, -0.2) is 9.18 Å². The zero-order valence-corrected chi connectivity index (χ0v) is 10.7. The summed E-state index contributed by atoms with van der Waals surface area (Å²) in [5.74, 6) is -2.13. The number of ether oxygens (including phenoxy) is 1. The molecular weight excluding hydrogens is 267 g/mol. The number of aliphatic hydroxyl groups is 2. The van der Waals surface area contributed by atoms with Gasteiger partial charge in [-0.05, 0) is 23.8 Å². The van der Waals surface area contributed by atoms with E-state index in [0.29, 0.717) is 0 Å². The maximum atomic E-state index is 13.1. The van der Waals surface area contributed by atoms with Crippen LogP contribution in [0.15, 0.2) is 35.9 Å². The minimum absolute atomic E-state index is 0.150. The van der Waals surface area contributed by atoms with Gasteiger partial charge in [0, 0.05) is 5.57 Å². The molecule has 0 fully saturated rings. The van der Waals surface area contributed by atoms with E-state index >= 15 is 0 Å². The number of carbonyl (C=O) groups excluding carboxylic acids is 2. The standard InChI is InChI=1S/C14H13FO5/c1-20-13(18)14(19)6-10(11(16)7-14)12(17)8-3-2-4-9(15)5-8/h2-6,12,17,19H,7H2,1H3/t12?,14-/m1/s1. The number of ketones is 1. The van der Waals surface area contributed by atoms with Crippen LogP contribution in [0.2, 0.25) is 0 Å². The Morgan fingerprint density at radius 1 is 1.50 bits per heavy atom. The Labute approximate surface area is 114 Å². The maximum Gasteiger partial charge on any atom is 0.342 e. The zero-order chi connectivity index (χ0) is 14.9. The van der Waals surface area contributed by atoms with Gasteiger partial charge in [-0.2, -0.15) is 0 Å². The van der Waals surface area contributed by atoms with Gasteiger partial charge in [0.05, 0.1) is 13.5 Å². The van der Waals surface area contributed by atoms with Gasteiger partial charge < -0.3 is 14.9 Å². The summed E-state index contributed by atoms with van der Waals surface area (Å²) in [4.78, 5) is 23.2. The quantitative estimate of drug-likeness (QED) is 0.795. The molecule has 2 rings (SSSR count). The van der Waals surface area contributed by atoms with Crippen LogP contribution in [-0.4, -0.2) is 34.7 Å². The molecule has 1 aromatic carbocycles. The lowest BCUT2D eigenvalue weighted by Gasteiger charge is -2.15. The molecule has 0 spiro atoms. The Kier molecular flexibility index (Phi) is 3.69. The van der Waals surface area contributed by atoms with Crippen LogP contribution in [0, 0.1) is 5.82 Å². The monoisotopic (exact) mass is 280 g/mol. The predicted molar refractivity (Wildman–Crippen MR) is 66.0 cm³/mol. The molecule has 2 atom stereocenters. The van der Waals surface area contributed by atoms with Crippen molar-refractivity contribution >= 4 is 11.8 Å². The first-order chi connectivity index (χ1) is 9.37. The smallest absolute Gasteiger partial charge is 0.342 e. The van der Waals surface area contributed by atoms with E-state index in [1.54, 1.807) is 0 Å². The van der Waals surface area contributed by atoms with Crippen LogP contribution < -0.4 is 0 Å². The van der Waals surface area contributed by atoms with Gasteiger partial charge in [-0.15, -0.1) is 0 Å². The molecule has 0 amide bonds. The first-order valence-corrected chi connectivity index (χ1v) is 5.87. The molecule has 2 N–H and O–H groups in total. The van der Waals surface area contributed by atoms with E-state index in [0.717, 1.165) is 19.3 Å². The molecule has 0 heterocycles. The van der Waals surface area contributed by atoms with Crippen molar-refractivity contribution in [2.45, 2.75) is 18.1 Å². The zero-order valence-electron chi connectivity index (χ0n) is 10.7. The summed E-state index contributed by atoms with van der Waals surface area (Å²) < 4.78 is 17.5. The molecule has 0 aromatic heterocycles. The summed E-state index contributed by atoms with van der Waals surface area (Å²) in [6.45, 7) is 0. The summed E-state index contributed by atoms with van der Waals surface area (Å²) in [6, 6.07) is 5.11. The minimum Gasteiger partial charge on any atom is -0.467 e. The number of halogens is 1. The topological polar surface area (TPSA) is 83.8 Å². The second kappa shape index (κ2) is 5.15. The fraction of sp³-hybridized carbons (Fsp3) is 0.286. The molecule has 0 radical (unpaired) electrons. The van der Waals surface area contributed by atoms with Gasteiger partial charge >= 0.3 is 5.97 Å². The van der Waals surface area contributed by atoms with Crippen LogP contribution in [-0.2, 0) is 14.3 Å². The third-order valence-electron chi connectivity index (χ3n) is 3.14. The van der Waals surface area contributed by atoms with Gasteiger partial charge in [-0.3, -0.25) is 4.79 Å². The van der Waals surface area contributed by atoms with Gasteiger partial charge in [0.25, 0.3) is 0 Å². The molecule has 1 aliphatic rings. The lowest BCUT2D eigenvalue weighted by molar-refractivity contribution is -0.158. The van der Waals surface area contributed by atoms with Crippen molar-refractivity contribution in [3.63, 3.8) is 0 Å². The summed E-state index contributed by atoms with van der Waals surface area (Å²) in [7, 11) is 1.08. The fourth-order valence-corrected chi connectivity index (χ4v) is 2.13. The van der Waals surface area contributed by atoms with Gasteiger partial charge in [0.2, 0.25) is 0 Å². The number of methoxy groups -OCH3 is 1. The van der Waals surface area contributed by atoms with E-state index in [4.69, 9.17) is 0 Å². The van der Waals surface area contributed by atoms with E-state index in [1.165, 1.54) is 18.2 Å². The Bertz CT molecular complexity index is 595. The molecular formula is C14H13FO5. The number of hydrogen-bond donors (Lipinski definition) is 2. The van der Waals surface area contributed by atoms with Crippen LogP contribution >= 0.6 is 0 Å². The summed E-state index contributed by atoms with van der Waals surface area (Å²) in [5, 5.41) is 20.1. The van der Waals surface area contributed by atoms with Crippen LogP contribution in [0.25, 0.3) is 0 Å². The molecule has 20 heavy (non-hydrogen) atoms. The van der Waals surface area contributed by atoms with Crippen molar-refractivity contribution in [3.8, 4) is 0 Å². The van der Waals surface area contributed by atoms with Gasteiger partial charge in [-0.1, -0.05) is 12.1 Å². The number of rotatable bonds is 3. The minimum atomic E-state index is -2.07. The van der Waals surface area contributed by atoms with Crippen molar-refractivity contribution in [2.24, 2.45) is 0 Å². The Morgan fingerprint density at radius 3 is 2.80 bits per heavy atom. The number of hydrogen-bond acceptors (Lipinski definition) is 5. The molecule has 106 valence electrons. The van der Waals surface area contributed by atoms with E-state index in [9.17, 15) is 24.2 Å². The highest BCUT2D eigenvalue weighted by molar-refractivity contribution is 6.05. The molecule has 6 heteroatoms. The van der Waals surface area contributed by atoms with Gasteiger partial charge in [0.1, 0.15) is 11.9 Å². The highest BCUT2D eigenvalue weighted by Crippen LogP contribution is 2.34. The SMILES string of the molecule is COC(=O)[C@@]1(O)C=C(C(O)c2cccc(F)c2)C(=O)C1. The molecule has 1 unspecified atom stereocenters. The summed E-state index contributed by atoms with van der Waals surface area (Å²) in [5.41, 5.74) is -2.06. The Hall–Kier alpha value is -2.05. The number of Topliss-reactive ketones (excluding diaryl/α,β-unsaturated/α-hetero) is 1. The van der Waals surface area contributed by atoms with Crippen LogP contribution in [0.5, 0.6) is 0 Å². The fourth-order valence-electron chi connectivity index (χ4n) is 2.13. The molecule has 0 saturated heterocycles. The third kappa shape index (κ3) is 2.48. The van der Waals surface area contributed by atoms with Crippen molar-refractivity contribution < 1.29 is 28.9 Å². The van der Waals surface area contributed by atoms with Crippen LogP contribution in [0.4, 0.5) is 4.39 Å². The third-order valence-corrected chi connectivity index (χ3v) is 3.14. The first-order valence-electron chi connectivity index (χ1n) is 5.87. The summed E-state index contributed by atoms with van der Waals surface area (Å²) >= 11 is 0. The van der Waals surface area contributed by atoms with Crippen molar-refractivity contribution in [1.29, 1.82) is 0 Å². The molecule has 0 bridgehead atoms. The lowest BCUT2D eigenvalue weighted by Crippen LogP contribution is -2.36. The number of carbonyl (C=O) groups is 2. The molecule has 0 saturated carbocycles. The average Bonchev–Trinajstić information content (AvgIpc) is 2.73. The highest BCUT2D eigenvalue weighted by Gasteiger charge is 2.45. The van der Waals surface area contributed by atoms with Crippen LogP contribution in [0.1, 0.15) is 18.1 Å². The highest BCUT2D eigenvalue weighted by atomic mass is 19.1. The molecule has 1 aliphatic carbocycles. The second-order valence-electron chi connectivity index (χ2n) is 4.57. The van der Waals surface area contributed by atoms with E-state index < -0.39 is 35.7 Å². The van der Waals surface area contributed by atoms with Gasteiger partial charge in [0.15, 0.2) is 11.4 Å². The number of aliphatic hydroxyl groups excluding tert-OH is 1. The van der Waals surface area contributed by atoms with E-state index in [1.807, 2.05) is 0 Å². The molecule has 5 nitrogen and oxygen atoms in total. The average molecular weight is 280 g/mol. The number of esters is 1. The molecule has 0 aliphatic heterocycles. The van der Waals surface area contributed by atoms with E-state index in [2.05, 4.69) is 4.74 Å². The summed E-state index contributed by atoms with van der Waals surface area (Å²) in [6.07, 6.45) is -0.935. The van der Waals surface area contributed by atoms with Crippen LogP contribution in [0.3, 0.4) is 0 Å². The van der Waals surface area contributed by atoms with Crippen molar-refractivity contribution in [1.82, 2.24) is 0 Å². The predicted octanol–water partition coefficient (Wildman–Crippen LogP) is 0.662. The lowest BCUT2D eigenvalue weighted by atomic mass is 10.0. The Morgan fingerprint density at radius 2 is 2.20 bits per heavy atom. The molecule has 1 aromatic rings. The largest absolute Gasteiger partial charge is 0.467 e. The maximum absolute atomic E-state index is 13.1. The first kappa shape index (κ1) is 14.4. The second-order valence-corrected chi connectivity index (χ2v) is 4.57. The Balaban J connectivity index is 2.35. The van der Waals surface area contributed by atoms with Crippen molar-refractivity contribution in [2.75, 3.05) is 7.11 Å².